The zero-order chi connectivity index (χ0) is 25.8. The molecule has 3 amide bonds. The maximum atomic E-state index is 13.0. The first-order valence-corrected chi connectivity index (χ1v) is 12.5. The van der Waals surface area contributed by atoms with E-state index in [4.69, 9.17) is 16.3 Å². The minimum absolute atomic E-state index is 0.0937. The summed E-state index contributed by atoms with van der Waals surface area (Å²) in [6.07, 6.45) is 0. The van der Waals surface area contributed by atoms with Crippen LogP contribution in [0.3, 0.4) is 0 Å². The third-order valence-corrected chi connectivity index (χ3v) is 6.70. The van der Waals surface area contributed by atoms with E-state index < -0.39 is 0 Å². The molecule has 0 spiro atoms. The number of hydrogen-bond donors (Lipinski definition) is 1. The van der Waals surface area contributed by atoms with Crippen LogP contribution in [-0.2, 0) is 16.1 Å². The second kappa shape index (κ2) is 11.2. The number of imide groups is 1. The number of nitrogens with zero attached hydrogens (tertiary/aromatic N) is 2. The van der Waals surface area contributed by atoms with Gasteiger partial charge < -0.3 is 15.0 Å². The van der Waals surface area contributed by atoms with Crippen molar-refractivity contribution in [3.63, 3.8) is 0 Å². The van der Waals surface area contributed by atoms with Gasteiger partial charge in [0.1, 0.15) is 6.54 Å². The van der Waals surface area contributed by atoms with E-state index >= 15 is 0 Å². The van der Waals surface area contributed by atoms with Crippen LogP contribution in [-0.4, -0.2) is 54.3 Å². The number of carbonyl (C=O) groups is 3. The number of rotatable bonds is 9. The van der Waals surface area contributed by atoms with Crippen LogP contribution >= 0.6 is 27.5 Å². The largest absolute Gasteiger partial charge is 0.375 e. The van der Waals surface area contributed by atoms with E-state index in [0.717, 1.165) is 27.0 Å². The normalized spacial score (nSPS) is 13.4. The lowest BCUT2D eigenvalue weighted by molar-refractivity contribution is -0.125. The summed E-state index contributed by atoms with van der Waals surface area (Å²) in [6, 6.07) is 18.1. The first-order valence-electron chi connectivity index (χ1n) is 11.3. The van der Waals surface area contributed by atoms with Gasteiger partial charge in [-0.3, -0.25) is 14.5 Å². The Balaban J connectivity index is 1.43. The molecule has 36 heavy (non-hydrogen) atoms. The molecule has 0 aromatic heterocycles. The first-order chi connectivity index (χ1) is 17.2. The van der Waals surface area contributed by atoms with Crippen molar-refractivity contribution in [2.45, 2.75) is 13.5 Å². The van der Waals surface area contributed by atoms with Gasteiger partial charge in [0, 0.05) is 39.6 Å². The average Bonchev–Trinajstić information content (AvgIpc) is 3.09. The quantitative estimate of drug-likeness (QED) is 0.200. The van der Waals surface area contributed by atoms with Gasteiger partial charge in [-0.05, 0) is 48.9 Å². The Labute approximate surface area is 223 Å². The Morgan fingerprint density at radius 3 is 2.56 bits per heavy atom. The average molecular weight is 571 g/mol. The van der Waals surface area contributed by atoms with Crippen LogP contribution in [0.1, 0.15) is 27.0 Å². The van der Waals surface area contributed by atoms with Gasteiger partial charge in [-0.15, -0.1) is 0 Å². The highest BCUT2D eigenvalue weighted by Gasteiger charge is 2.32. The second-order valence-electron chi connectivity index (χ2n) is 8.50. The van der Waals surface area contributed by atoms with Crippen molar-refractivity contribution >= 4 is 56.6 Å². The number of aryl methyl sites for hydroxylation is 1. The van der Waals surface area contributed by atoms with Crippen LogP contribution in [0, 0.1) is 6.92 Å². The summed E-state index contributed by atoms with van der Waals surface area (Å²) < 4.78 is 6.67. The molecule has 0 bridgehead atoms. The van der Waals surface area contributed by atoms with Gasteiger partial charge >= 0.3 is 6.03 Å². The number of anilines is 2. The fourth-order valence-corrected chi connectivity index (χ4v) is 4.61. The molecule has 1 aliphatic rings. The van der Waals surface area contributed by atoms with Crippen LogP contribution in [0.25, 0.3) is 0 Å². The van der Waals surface area contributed by atoms with E-state index in [9.17, 15) is 14.4 Å². The van der Waals surface area contributed by atoms with Gasteiger partial charge in [-0.1, -0.05) is 51.8 Å². The minimum atomic E-state index is -0.311. The second-order valence-corrected chi connectivity index (χ2v) is 9.82. The summed E-state index contributed by atoms with van der Waals surface area (Å²) in [7, 11) is 1.60. The predicted molar refractivity (Wildman–Crippen MR) is 143 cm³/mol. The van der Waals surface area contributed by atoms with Crippen LogP contribution < -0.4 is 5.32 Å². The fraction of sp³-hybridized carbons (Fsp3) is 0.222. The Morgan fingerprint density at radius 1 is 1.08 bits per heavy atom. The monoisotopic (exact) mass is 569 g/mol. The minimum Gasteiger partial charge on any atom is -0.375 e. The summed E-state index contributed by atoms with van der Waals surface area (Å²) in [5.41, 5.74) is 4.35. The molecule has 7 nitrogen and oxygen atoms in total. The number of ether oxygens (including phenoxy) is 1. The predicted octanol–water partition coefficient (Wildman–Crippen LogP) is 5.80. The van der Waals surface area contributed by atoms with Gasteiger partial charge in [-0.2, -0.15) is 0 Å². The number of ketones is 1. The molecule has 0 atom stereocenters. The number of halogens is 2. The molecule has 0 radical (unpaired) electrons. The molecule has 9 heteroatoms. The van der Waals surface area contributed by atoms with Crippen molar-refractivity contribution < 1.29 is 19.1 Å². The van der Waals surface area contributed by atoms with E-state index in [1.54, 1.807) is 25.2 Å². The van der Waals surface area contributed by atoms with Crippen molar-refractivity contribution in [2.24, 2.45) is 0 Å². The molecule has 1 aliphatic heterocycles. The number of nitrogens with one attached hydrogen (secondary N) is 1. The first kappa shape index (κ1) is 25.9. The maximum Gasteiger partial charge on any atom is 0.327 e. The van der Waals surface area contributed by atoms with Crippen molar-refractivity contribution in [1.29, 1.82) is 0 Å². The van der Waals surface area contributed by atoms with Crippen molar-refractivity contribution in [2.75, 3.05) is 32.1 Å². The number of likely N-dealkylation sites (N-methyl/N-ethyl adjacent to an activating group) is 1. The van der Waals surface area contributed by atoms with Crippen molar-refractivity contribution in [1.82, 2.24) is 9.80 Å². The molecule has 3 aromatic carbocycles. The topological polar surface area (TPSA) is 79.0 Å². The third-order valence-electron chi connectivity index (χ3n) is 5.90. The van der Waals surface area contributed by atoms with E-state index in [2.05, 4.69) is 21.2 Å². The highest BCUT2D eigenvalue weighted by molar-refractivity contribution is 9.10. The number of urea groups is 1. The summed E-state index contributed by atoms with van der Waals surface area (Å²) >= 11 is 9.99. The Hall–Kier alpha value is -3.20. The fourth-order valence-electron chi connectivity index (χ4n) is 3.94. The standard InChI is InChI=1S/C27H25BrClN3O4/c1-17-5-3-4-6-21(17)26(34)22-9-8-20(14-23(22)29)30-24-10-7-19(28)13-18(24)16-36-12-11-32-25(33)15-31(2)27(32)35/h3-10,13-14,30H,11-12,15-16H2,1-2H3. The molecule has 1 N–H and O–H groups in total. The number of amides is 3. The molecule has 0 unspecified atom stereocenters. The summed E-state index contributed by atoms with van der Waals surface area (Å²) in [4.78, 5) is 39.5. The molecular weight excluding hydrogens is 546 g/mol. The van der Waals surface area contributed by atoms with E-state index in [1.807, 2.05) is 49.4 Å². The van der Waals surface area contributed by atoms with Gasteiger partial charge in [0.25, 0.3) is 0 Å². The molecule has 3 aromatic rings. The van der Waals surface area contributed by atoms with Gasteiger partial charge in [-0.25, -0.2) is 4.79 Å². The number of hydrogen-bond acceptors (Lipinski definition) is 5. The molecular formula is C27H25BrClN3O4. The molecule has 1 fully saturated rings. The summed E-state index contributed by atoms with van der Waals surface area (Å²) in [6.45, 7) is 2.68. The van der Waals surface area contributed by atoms with Crippen molar-refractivity contribution in [3.05, 3.63) is 92.4 Å². The molecule has 0 aliphatic carbocycles. The molecule has 186 valence electrons. The Kier molecular flexibility index (Phi) is 8.08. The molecule has 0 saturated carbocycles. The highest BCUT2D eigenvalue weighted by atomic mass is 79.9. The van der Waals surface area contributed by atoms with E-state index in [0.29, 0.717) is 16.1 Å². The Bertz CT molecular complexity index is 1330. The molecule has 1 saturated heterocycles. The van der Waals surface area contributed by atoms with Crippen LogP contribution in [0.4, 0.5) is 16.2 Å². The molecule has 1 heterocycles. The maximum absolute atomic E-state index is 13.0. The zero-order valence-electron chi connectivity index (χ0n) is 19.9. The van der Waals surface area contributed by atoms with Crippen molar-refractivity contribution in [3.8, 4) is 0 Å². The van der Waals surface area contributed by atoms with E-state index in [-0.39, 0.29) is 44.0 Å². The SMILES string of the molecule is Cc1ccccc1C(=O)c1ccc(Nc2ccc(Br)cc2COCCN2C(=O)CN(C)C2=O)cc1Cl. The lowest BCUT2D eigenvalue weighted by Crippen LogP contribution is -2.34. The number of benzene rings is 3. The number of carbonyl (C=O) groups excluding carboxylic acids is 3. The zero-order valence-corrected chi connectivity index (χ0v) is 22.2. The smallest absolute Gasteiger partial charge is 0.327 e. The van der Waals surface area contributed by atoms with Crippen LogP contribution in [0.5, 0.6) is 0 Å². The third kappa shape index (κ3) is 5.78. The lowest BCUT2D eigenvalue weighted by Gasteiger charge is -2.16. The molecule has 4 rings (SSSR count). The van der Waals surface area contributed by atoms with Crippen LogP contribution in [0.2, 0.25) is 5.02 Å². The summed E-state index contributed by atoms with van der Waals surface area (Å²) in [5, 5.41) is 3.69. The lowest BCUT2D eigenvalue weighted by atomic mass is 9.99. The van der Waals surface area contributed by atoms with Crippen LogP contribution in [0.15, 0.2) is 65.1 Å². The summed E-state index contributed by atoms with van der Waals surface area (Å²) in [5.74, 6) is -0.347. The Morgan fingerprint density at radius 2 is 1.86 bits per heavy atom. The highest BCUT2D eigenvalue weighted by Crippen LogP contribution is 2.29. The van der Waals surface area contributed by atoms with Gasteiger partial charge in [0.2, 0.25) is 5.91 Å². The van der Waals surface area contributed by atoms with E-state index in [1.165, 1.54) is 9.80 Å². The van der Waals surface area contributed by atoms with Gasteiger partial charge in [0.15, 0.2) is 5.78 Å². The van der Waals surface area contributed by atoms with Gasteiger partial charge in [0.05, 0.1) is 24.8 Å².